The molecular formula is C24H26FN5O3. The molecule has 0 spiro atoms. The lowest BCUT2D eigenvalue weighted by Gasteiger charge is -2.34. The van der Waals surface area contributed by atoms with Crippen LogP contribution in [-0.2, 0) is 22.6 Å². The minimum atomic E-state index is -0.332. The van der Waals surface area contributed by atoms with Gasteiger partial charge < -0.3 is 14.7 Å². The van der Waals surface area contributed by atoms with E-state index in [9.17, 15) is 14.0 Å². The van der Waals surface area contributed by atoms with Crippen LogP contribution in [0.5, 0.6) is 0 Å². The summed E-state index contributed by atoms with van der Waals surface area (Å²) in [5.74, 6) is 0.408. The van der Waals surface area contributed by atoms with Gasteiger partial charge in [-0.25, -0.2) is 4.39 Å². The Morgan fingerprint density at radius 3 is 2.45 bits per heavy atom. The Morgan fingerprint density at radius 1 is 1.00 bits per heavy atom. The van der Waals surface area contributed by atoms with Crippen molar-refractivity contribution >= 4 is 11.8 Å². The van der Waals surface area contributed by atoms with Gasteiger partial charge in [0.1, 0.15) is 5.82 Å². The Labute approximate surface area is 191 Å². The molecule has 3 aromatic rings. The fraction of sp³-hybridized carbons (Fsp3) is 0.333. The second kappa shape index (κ2) is 10.8. The van der Waals surface area contributed by atoms with E-state index in [1.54, 1.807) is 17.0 Å². The second-order valence-electron chi connectivity index (χ2n) is 7.94. The minimum Gasteiger partial charge on any atom is -0.351 e. The van der Waals surface area contributed by atoms with Crippen LogP contribution in [-0.4, -0.2) is 64.5 Å². The van der Waals surface area contributed by atoms with Crippen molar-refractivity contribution in [2.45, 2.75) is 19.4 Å². The van der Waals surface area contributed by atoms with E-state index in [4.69, 9.17) is 4.52 Å². The number of carbonyl (C=O) groups is 2. The first kappa shape index (κ1) is 22.6. The van der Waals surface area contributed by atoms with E-state index in [1.165, 1.54) is 12.1 Å². The molecule has 9 heteroatoms. The average Bonchev–Trinajstić information content (AvgIpc) is 3.32. The molecule has 2 amide bonds. The number of aryl methyl sites for hydroxylation is 1. The van der Waals surface area contributed by atoms with Crippen LogP contribution in [0, 0.1) is 5.82 Å². The molecule has 172 valence electrons. The average molecular weight is 452 g/mol. The monoisotopic (exact) mass is 451 g/mol. The first-order valence-corrected chi connectivity index (χ1v) is 11.0. The van der Waals surface area contributed by atoms with Crippen LogP contribution < -0.4 is 5.32 Å². The molecule has 1 aromatic heterocycles. The van der Waals surface area contributed by atoms with Crippen molar-refractivity contribution < 1.29 is 18.5 Å². The quantitative estimate of drug-likeness (QED) is 0.565. The van der Waals surface area contributed by atoms with Crippen LogP contribution in [0.2, 0.25) is 0 Å². The first-order chi connectivity index (χ1) is 16.1. The number of piperazine rings is 1. The van der Waals surface area contributed by atoms with Crippen molar-refractivity contribution in [1.82, 2.24) is 25.3 Å². The second-order valence-corrected chi connectivity index (χ2v) is 7.94. The standard InChI is InChI=1S/C24H26FN5O3/c25-20-8-6-19(7-9-20)24-27-22(33-28-24)10-11-23(32)30-14-12-29(13-15-30)17-21(31)26-16-18-4-2-1-3-5-18/h1-9H,10-17H2,(H,26,31). The van der Waals surface area contributed by atoms with Crippen LogP contribution in [0.4, 0.5) is 4.39 Å². The third-order valence-electron chi connectivity index (χ3n) is 5.55. The van der Waals surface area contributed by atoms with Gasteiger partial charge in [0.25, 0.3) is 0 Å². The zero-order chi connectivity index (χ0) is 23.0. The molecule has 2 heterocycles. The highest BCUT2D eigenvalue weighted by molar-refractivity contribution is 5.78. The predicted molar refractivity (Wildman–Crippen MR) is 119 cm³/mol. The van der Waals surface area contributed by atoms with E-state index in [1.807, 2.05) is 30.3 Å². The lowest BCUT2D eigenvalue weighted by molar-refractivity contribution is -0.133. The van der Waals surface area contributed by atoms with E-state index in [-0.39, 0.29) is 24.1 Å². The summed E-state index contributed by atoms with van der Waals surface area (Å²) in [4.78, 5) is 32.9. The molecule has 1 fully saturated rings. The Bertz CT molecular complexity index is 1060. The van der Waals surface area contributed by atoms with Crippen molar-refractivity contribution in [1.29, 1.82) is 0 Å². The van der Waals surface area contributed by atoms with Gasteiger partial charge in [0.15, 0.2) is 0 Å². The zero-order valence-corrected chi connectivity index (χ0v) is 18.2. The maximum Gasteiger partial charge on any atom is 0.234 e. The van der Waals surface area contributed by atoms with Crippen LogP contribution in [0.3, 0.4) is 0 Å². The summed E-state index contributed by atoms with van der Waals surface area (Å²) < 4.78 is 18.3. The van der Waals surface area contributed by atoms with Crippen molar-refractivity contribution in [3.05, 3.63) is 71.9 Å². The van der Waals surface area contributed by atoms with Crippen LogP contribution >= 0.6 is 0 Å². The number of hydrogen-bond donors (Lipinski definition) is 1. The molecule has 8 nitrogen and oxygen atoms in total. The van der Waals surface area contributed by atoms with Crippen LogP contribution in [0.1, 0.15) is 17.9 Å². The van der Waals surface area contributed by atoms with Gasteiger partial charge in [0.2, 0.25) is 23.5 Å². The highest BCUT2D eigenvalue weighted by Gasteiger charge is 2.23. The Hall–Kier alpha value is -3.59. The molecule has 0 unspecified atom stereocenters. The van der Waals surface area contributed by atoms with Gasteiger partial charge in [-0.15, -0.1) is 0 Å². The number of carbonyl (C=O) groups excluding carboxylic acids is 2. The summed E-state index contributed by atoms with van der Waals surface area (Å²) in [5.41, 5.74) is 1.72. The third-order valence-corrected chi connectivity index (χ3v) is 5.55. The molecule has 1 saturated heterocycles. The van der Waals surface area contributed by atoms with E-state index in [2.05, 4.69) is 20.4 Å². The topological polar surface area (TPSA) is 91.6 Å². The maximum absolute atomic E-state index is 13.0. The smallest absolute Gasteiger partial charge is 0.234 e. The largest absolute Gasteiger partial charge is 0.351 e. The van der Waals surface area contributed by atoms with Gasteiger partial charge in [-0.2, -0.15) is 4.98 Å². The maximum atomic E-state index is 13.0. The van der Waals surface area contributed by atoms with Crippen LogP contribution in [0.15, 0.2) is 59.1 Å². The van der Waals surface area contributed by atoms with Crippen molar-refractivity contribution in [2.75, 3.05) is 32.7 Å². The summed E-state index contributed by atoms with van der Waals surface area (Å²) >= 11 is 0. The predicted octanol–water partition coefficient (Wildman–Crippen LogP) is 2.27. The lowest BCUT2D eigenvalue weighted by Crippen LogP contribution is -2.51. The number of rotatable bonds is 8. The third kappa shape index (κ3) is 6.45. The highest BCUT2D eigenvalue weighted by Crippen LogP contribution is 2.17. The summed E-state index contributed by atoms with van der Waals surface area (Å²) in [6.45, 7) is 3.30. The summed E-state index contributed by atoms with van der Waals surface area (Å²) in [7, 11) is 0. The van der Waals surface area contributed by atoms with Crippen molar-refractivity contribution in [3.8, 4) is 11.4 Å². The molecule has 2 aromatic carbocycles. The van der Waals surface area contributed by atoms with Gasteiger partial charge in [-0.1, -0.05) is 35.5 Å². The molecule has 0 saturated carbocycles. The van der Waals surface area contributed by atoms with E-state index in [0.717, 1.165) is 5.56 Å². The van der Waals surface area contributed by atoms with Gasteiger partial charge in [-0.05, 0) is 29.8 Å². The number of hydrogen-bond acceptors (Lipinski definition) is 6. The normalized spacial score (nSPS) is 14.3. The molecule has 1 N–H and O–H groups in total. The molecule has 4 rings (SSSR count). The molecule has 0 bridgehead atoms. The fourth-order valence-electron chi connectivity index (χ4n) is 3.66. The van der Waals surface area contributed by atoms with Gasteiger partial charge in [0, 0.05) is 51.1 Å². The summed E-state index contributed by atoms with van der Waals surface area (Å²) in [6.07, 6.45) is 0.609. The molecule has 0 aliphatic carbocycles. The lowest BCUT2D eigenvalue weighted by atomic mass is 10.2. The Balaban J connectivity index is 1.17. The number of amides is 2. The molecule has 33 heavy (non-hydrogen) atoms. The highest BCUT2D eigenvalue weighted by atomic mass is 19.1. The van der Waals surface area contributed by atoms with Gasteiger partial charge >= 0.3 is 0 Å². The van der Waals surface area contributed by atoms with E-state index < -0.39 is 0 Å². The first-order valence-electron chi connectivity index (χ1n) is 11.0. The van der Waals surface area contributed by atoms with Gasteiger partial charge in [0.05, 0.1) is 6.54 Å². The molecular weight excluding hydrogens is 425 g/mol. The molecule has 0 radical (unpaired) electrons. The summed E-state index contributed by atoms with van der Waals surface area (Å²) in [6, 6.07) is 15.6. The van der Waals surface area contributed by atoms with E-state index in [0.29, 0.717) is 63.0 Å². The SMILES string of the molecule is O=C(CN1CCN(C(=O)CCc2nc(-c3ccc(F)cc3)no2)CC1)NCc1ccccc1. The molecule has 1 aliphatic rings. The van der Waals surface area contributed by atoms with Gasteiger partial charge in [-0.3, -0.25) is 14.5 Å². The van der Waals surface area contributed by atoms with E-state index >= 15 is 0 Å². The zero-order valence-electron chi connectivity index (χ0n) is 18.2. The Morgan fingerprint density at radius 2 is 1.73 bits per heavy atom. The number of aromatic nitrogens is 2. The van der Waals surface area contributed by atoms with Crippen molar-refractivity contribution in [3.63, 3.8) is 0 Å². The molecule has 1 aliphatic heterocycles. The Kier molecular flexibility index (Phi) is 7.41. The van der Waals surface area contributed by atoms with Crippen molar-refractivity contribution in [2.24, 2.45) is 0 Å². The summed E-state index contributed by atoms with van der Waals surface area (Å²) in [5, 5.41) is 6.83. The number of nitrogens with zero attached hydrogens (tertiary/aromatic N) is 4. The fourth-order valence-corrected chi connectivity index (χ4v) is 3.66. The number of nitrogens with one attached hydrogen (secondary N) is 1. The molecule has 0 atom stereocenters. The van der Waals surface area contributed by atoms with Crippen LogP contribution in [0.25, 0.3) is 11.4 Å². The minimum absolute atomic E-state index is 0.0183. The number of benzene rings is 2. The number of halogens is 1.